The standard InChI is InChI=1S/C10H20O2.2C2H4O2/c11-9-7-5-3-1-2-4-6-8-10-12;2*1-2(3)4/h1-2,11-12H,3-10H2;2*1H3,(H,3,4). The molecule has 0 amide bonds. The van der Waals surface area contributed by atoms with Gasteiger partial charge in [0.15, 0.2) is 0 Å². The van der Waals surface area contributed by atoms with Crippen molar-refractivity contribution in [1.82, 2.24) is 0 Å². The zero-order valence-electron chi connectivity index (χ0n) is 12.4. The molecule has 0 saturated heterocycles. The molecule has 4 N–H and O–H groups in total. The van der Waals surface area contributed by atoms with Gasteiger partial charge in [-0.3, -0.25) is 9.59 Å². The summed E-state index contributed by atoms with van der Waals surface area (Å²) in [6.07, 6.45) is 10.4. The molecule has 0 heterocycles. The zero-order chi connectivity index (χ0) is 16.2. The number of aliphatic hydroxyl groups excluding tert-OH is 2. The SMILES string of the molecule is CC(=O)O.CC(=O)O.OCCCCC=CCCCCO. The van der Waals surface area contributed by atoms with Crippen molar-refractivity contribution in [3.8, 4) is 0 Å². The molecule has 0 bridgehead atoms. The summed E-state index contributed by atoms with van der Waals surface area (Å²) in [7, 11) is 0. The van der Waals surface area contributed by atoms with Gasteiger partial charge in [0.05, 0.1) is 0 Å². The van der Waals surface area contributed by atoms with E-state index >= 15 is 0 Å². The van der Waals surface area contributed by atoms with Crippen molar-refractivity contribution in [2.45, 2.75) is 52.4 Å². The molecule has 0 aromatic carbocycles. The Morgan fingerprint density at radius 1 is 0.750 bits per heavy atom. The van der Waals surface area contributed by atoms with Crippen LogP contribution in [-0.2, 0) is 9.59 Å². The van der Waals surface area contributed by atoms with Gasteiger partial charge in [-0.1, -0.05) is 12.2 Å². The van der Waals surface area contributed by atoms with E-state index in [2.05, 4.69) is 12.2 Å². The van der Waals surface area contributed by atoms with Crippen LogP contribution in [0.5, 0.6) is 0 Å². The summed E-state index contributed by atoms with van der Waals surface area (Å²) in [6.45, 7) is 2.77. The van der Waals surface area contributed by atoms with E-state index in [9.17, 15) is 0 Å². The quantitative estimate of drug-likeness (QED) is 0.402. The van der Waals surface area contributed by atoms with E-state index in [1.54, 1.807) is 0 Å². The van der Waals surface area contributed by atoms with Crippen molar-refractivity contribution in [1.29, 1.82) is 0 Å². The lowest BCUT2D eigenvalue weighted by atomic mass is 10.2. The fourth-order valence-electron chi connectivity index (χ4n) is 0.984. The molecule has 0 unspecified atom stereocenters. The average Bonchev–Trinajstić information content (AvgIpc) is 2.31. The first-order chi connectivity index (χ1) is 9.38. The van der Waals surface area contributed by atoms with E-state index in [1.807, 2.05) is 0 Å². The van der Waals surface area contributed by atoms with Crippen molar-refractivity contribution in [3.63, 3.8) is 0 Å². The number of unbranched alkanes of at least 4 members (excludes halogenated alkanes) is 4. The maximum Gasteiger partial charge on any atom is 0.300 e. The number of hydrogen-bond acceptors (Lipinski definition) is 4. The predicted octanol–water partition coefficient (Wildman–Crippen LogP) is 2.05. The summed E-state index contributed by atoms with van der Waals surface area (Å²) in [5, 5.41) is 31.8. The van der Waals surface area contributed by atoms with Crippen molar-refractivity contribution in [2.75, 3.05) is 13.2 Å². The van der Waals surface area contributed by atoms with Gasteiger partial charge in [0, 0.05) is 27.1 Å². The van der Waals surface area contributed by atoms with Crippen LogP contribution in [0, 0.1) is 0 Å². The number of hydrogen-bond donors (Lipinski definition) is 4. The molecular weight excluding hydrogens is 264 g/mol. The summed E-state index contributed by atoms with van der Waals surface area (Å²) in [6, 6.07) is 0. The molecule has 0 aliphatic rings. The second kappa shape index (κ2) is 22.8. The van der Waals surface area contributed by atoms with Crippen LogP contribution in [0.2, 0.25) is 0 Å². The van der Waals surface area contributed by atoms with E-state index in [0.717, 1.165) is 52.4 Å². The third-order valence-corrected chi connectivity index (χ3v) is 1.72. The largest absolute Gasteiger partial charge is 0.481 e. The molecule has 6 nitrogen and oxygen atoms in total. The van der Waals surface area contributed by atoms with Gasteiger partial charge >= 0.3 is 0 Å². The lowest BCUT2D eigenvalue weighted by Crippen LogP contribution is -1.81. The molecule has 0 radical (unpaired) electrons. The van der Waals surface area contributed by atoms with Crippen molar-refractivity contribution in [3.05, 3.63) is 12.2 Å². The molecule has 0 saturated carbocycles. The van der Waals surface area contributed by atoms with E-state index in [0.29, 0.717) is 13.2 Å². The second-order valence-electron chi connectivity index (χ2n) is 3.95. The first-order valence-electron chi connectivity index (χ1n) is 6.64. The molecule has 0 aromatic heterocycles. The smallest absolute Gasteiger partial charge is 0.300 e. The third-order valence-electron chi connectivity index (χ3n) is 1.72. The van der Waals surface area contributed by atoms with Gasteiger partial charge in [-0.05, 0) is 38.5 Å². The molecule has 0 atom stereocenters. The number of allylic oxidation sites excluding steroid dienone is 2. The first kappa shape index (κ1) is 23.7. The number of rotatable bonds is 8. The summed E-state index contributed by atoms with van der Waals surface area (Å²) in [5.74, 6) is -1.67. The number of carboxylic acids is 2. The Kier molecular flexibility index (Phi) is 26.9. The maximum absolute atomic E-state index is 9.00. The van der Waals surface area contributed by atoms with Gasteiger partial charge in [-0.15, -0.1) is 0 Å². The molecule has 20 heavy (non-hydrogen) atoms. The second-order valence-corrected chi connectivity index (χ2v) is 3.95. The molecule has 120 valence electrons. The number of aliphatic hydroxyl groups is 2. The minimum Gasteiger partial charge on any atom is -0.481 e. The normalized spacial score (nSPS) is 9.20. The molecule has 0 spiro atoms. The molecular formula is C14H28O6. The highest BCUT2D eigenvalue weighted by Gasteiger charge is 1.83. The number of aliphatic carboxylic acids is 2. The Hall–Kier alpha value is -1.40. The Bertz CT molecular complexity index is 206. The summed E-state index contributed by atoms with van der Waals surface area (Å²) >= 11 is 0. The predicted molar refractivity (Wildman–Crippen MR) is 77.6 cm³/mol. The van der Waals surface area contributed by atoms with Crippen molar-refractivity contribution < 1.29 is 30.0 Å². The topological polar surface area (TPSA) is 115 Å². The summed E-state index contributed by atoms with van der Waals surface area (Å²) < 4.78 is 0. The Balaban J connectivity index is -0.000000297. The van der Waals surface area contributed by atoms with Gasteiger partial charge in [0.25, 0.3) is 11.9 Å². The van der Waals surface area contributed by atoms with Crippen LogP contribution >= 0.6 is 0 Å². The molecule has 0 aliphatic carbocycles. The fraction of sp³-hybridized carbons (Fsp3) is 0.714. The molecule has 6 heteroatoms. The minimum absolute atomic E-state index is 0.304. The van der Waals surface area contributed by atoms with E-state index < -0.39 is 11.9 Å². The minimum atomic E-state index is -0.833. The monoisotopic (exact) mass is 292 g/mol. The van der Waals surface area contributed by atoms with Crippen molar-refractivity contribution in [2.24, 2.45) is 0 Å². The lowest BCUT2D eigenvalue weighted by Gasteiger charge is -1.92. The first-order valence-corrected chi connectivity index (χ1v) is 6.64. The average molecular weight is 292 g/mol. The lowest BCUT2D eigenvalue weighted by molar-refractivity contribution is -0.135. The number of carboxylic acid groups (broad SMARTS) is 2. The summed E-state index contributed by atoms with van der Waals surface area (Å²) in [4.78, 5) is 18.0. The molecule has 0 rings (SSSR count). The number of carbonyl (C=O) groups is 2. The van der Waals surface area contributed by atoms with Crippen LogP contribution in [0.1, 0.15) is 52.4 Å². The van der Waals surface area contributed by atoms with Crippen LogP contribution in [0.3, 0.4) is 0 Å². The Labute approximate surface area is 120 Å². The van der Waals surface area contributed by atoms with Crippen molar-refractivity contribution >= 4 is 11.9 Å². The van der Waals surface area contributed by atoms with Gasteiger partial charge in [0.1, 0.15) is 0 Å². The van der Waals surface area contributed by atoms with Gasteiger partial charge in [-0.25, -0.2) is 0 Å². The highest BCUT2D eigenvalue weighted by molar-refractivity contribution is 5.63. The van der Waals surface area contributed by atoms with Gasteiger partial charge in [-0.2, -0.15) is 0 Å². The van der Waals surface area contributed by atoms with Crippen LogP contribution in [0.15, 0.2) is 12.2 Å². The Morgan fingerprint density at radius 2 is 1.00 bits per heavy atom. The maximum atomic E-state index is 9.00. The summed E-state index contributed by atoms with van der Waals surface area (Å²) in [5.41, 5.74) is 0. The van der Waals surface area contributed by atoms with Crippen LogP contribution in [-0.4, -0.2) is 45.6 Å². The molecule has 0 fully saturated rings. The molecule has 0 aromatic rings. The van der Waals surface area contributed by atoms with E-state index in [-0.39, 0.29) is 0 Å². The van der Waals surface area contributed by atoms with Gasteiger partial charge in [0.2, 0.25) is 0 Å². The van der Waals surface area contributed by atoms with Gasteiger partial charge < -0.3 is 20.4 Å². The highest BCUT2D eigenvalue weighted by Crippen LogP contribution is 1.99. The van der Waals surface area contributed by atoms with Crippen LogP contribution in [0.4, 0.5) is 0 Å². The molecule has 0 aliphatic heterocycles. The van der Waals surface area contributed by atoms with E-state index in [4.69, 9.17) is 30.0 Å². The van der Waals surface area contributed by atoms with Crippen LogP contribution in [0.25, 0.3) is 0 Å². The fourth-order valence-corrected chi connectivity index (χ4v) is 0.984. The third kappa shape index (κ3) is 69.9. The zero-order valence-corrected chi connectivity index (χ0v) is 12.4. The Morgan fingerprint density at radius 3 is 1.20 bits per heavy atom. The van der Waals surface area contributed by atoms with E-state index in [1.165, 1.54) is 0 Å². The highest BCUT2D eigenvalue weighted by atomic mass is 16.4. The van der Waals surface area contributed by atoms with Crippen LogP contribution < -0.4 is 0 Å².